The first-order chi connectivity index (χ1) is 6.63. The van der Waals surface area contributed by atoms with Crippen LogP contribution in [0.3, 0.4) is 0 Å². The van der Waals surface area contributed by atoms with Gasteiger partial charge in [0.25, 0.3) is 0 Å². The predicted octanol–water partition coefficient (Wildman–Crippen LogP) is 0.349. The molecule has 14 heavy (non-hydrogen) atoms. The molecule has 1 N–H and O–H groups in total. The largest absolute Gasteiger partial charge is 0.481 e. The average Bonchev–Trinajstić information content (AvgIpc) is 2.93. The van der Waals surface area contributed by atoms with Gasteiger partial charge in [0.1, 0.15) is 0 Å². The predicted molar refractivity (Wildman–Crippen MR) is 46.7 cm³/mol. The van der Waals surface area contributed by atoms with E-state index in [2.05, 4.69) is 4.74 Å². The van der Waals surface area contributed by atoms with Crippen LogP contribution in [0.2, 0.25) is 0 Å². The molecule has 5 heteroatoms. The number of rotatable bonds is 5. The summed E-state index contributed by atoms with van der Waals surface area (Å²) in [6.07, 6.45) is 1.97. The average molecular weight is 200 g/mol. The Kier molecular flexibility index (Phi) is 3.64. The normalized spacial score (nSPS) is 20.4. The van der Waals surface area contributed by atoms with Crippen molar-refractivity contribution in [3.8, 4) is 0 Å². The summed E-state index contributed by atoms with van der Waals surface area (Å²) in [6, 6.07) is 0. The number of hydrogen-bond donors (Lipinski definition) is 1. The van der Waals surface area contributed by atoms with E-state index >= 15 is 0 Å². The summed E-state index contributed by atoms with van der Waals surface area (Å²) in [7, 11) is 1.23. The first kappa shape index (κ1) is 10.7. The molecule has 0 aromatic heterocycles. The number of carboxylic acids is 1. The Morgan fingerprint density at radius 2 is 2.29 bits per heavy atom. The second-order valence-corrected chi connectivity index (χ2v) is 2.98. The highest BCUT2D eigenvalue weighted by Gasteiger charge is 2.22. The first-order valence-electron chi connectivity index (χ1n) is 4.24. The van der Waals surface area contributed by atoms with Gasteiger partial charge in [-0.05, 0) is 6.42 Å². The molecule has 0 aromatic carbocycles. The summed E-state index contributed by atoms with van der Waals surface area (Å²) in [5.74, 6) is -1.63. The minimum Gasteiger partial charge on any atom is -0.481 e. The lowest BCUT2D eigenvalue weighted by atomic mass is 10.1. The Bertz CT molecular complexity index is 264. The van der Waals surface area contributed by atoms with E-state index in [1.807, 2.05) is 0 Å². The fraction of sp³-hybridized carbons (Fsp3) is 0.556. The van der Waals surface area contributed by atoms with Crippen molar-refractivity contribution >= 4 is 11.9 Å². The number of carbonyl (C=O) groups excluding carboxylic acids is 1. The quantitative estimate of drug-likeness (QED) is 0.393. The first-order valence-corrected chi connectivity index (χ1v) is 4.24. The zero-order chi connectivity index (χ0) is 10.6. The van der Waals surface area contributed by atoms with Crippen LogP contribution in [0.25, 0.3) is 0 Å². The number of epoxide rings is 1. The molecule has 1 heterocycles. The van der Waals surface area contributed by atoms with Gasteiger partial charge < -0.3 is 14.6 Å². The minimum atomic E-state index is -1.04. The summed E-state index contributed by atoms with van der Waals surface area (Å²) < 4.78 is 9.39. The van der Waals surface area contributed by atoms with Gasteiger partial charge in [0.2, 0.25) is 0 Å². The van der Waals surface area contributed by atoms with Gasteiger partial charge in [0, 0.05) is 5.57 Å². The molecule has 1 fully saturated rings. The van der Waals surface area contributed by atoms with Crippen molar-refractivity contribution in [2.45, 2.75) is 18.9 Å². The third-order valence-corrected chi connectivity index (χ3v) is 1.82. The summed E-state index contributed by atoms with van der Waals surface area (Å²) >= 11 is 0. The zero-order valence-corrected chi connectivity index (χ0v) is 7.86. The van der Waals surface area contributed by atoms with Crippen molar-refractivity contribution in [2.75, 3.05) is 13.7 Å². The maximum absolute atomic E-state index is 11.1. The van der Waals surface area contributed by atoms with Crippen molar-refractivity contribution < 1.29 is 24.2 Å². The lowest BCUT2D eigenvalue weighted by molar-refractivity contribution is -0.141. The Balaban J connectivity index is 2.53. The van der Waals surface area contributed by atoms with Gasteiger partial charge in [-0.25, -0.2) is 4.79 Å². The van der Waals surface area contributed by atoms with E-state index < -0.39 is 11.9 Å². The highest BCUT2D eigenvalue weighted by Crippen LogP contribution is 2.16. The van der Waals surface area contributed by atoms with Gasteiger partial charge in [-0.15, -0.1) is 0 Å². The smallest absolute Gasteiger partial charge is 0.333 e. The number of carbonyl (C=O) groups is 2. The fourth-order valence-electron chi connectivity index (χ4n) is 1.000. The van der Waals surface area contributed by atoms with Gasteiger partial charge in [-0.3, -0.25) is 4.79 Å². The fourth-order valence-corrected chi connectivity index (χ4v) is 1.000. The van der Waals surface area contributed by atoms with E-state index in [4.69, 9.17) is 9.84 Å². The molecule has 78 valence electrons. The van der Waals surface area contributed by atoms with Crippen molar-refractivity contribution in [2.24, 2.45) is 0 Å². The van der Waals surface area contributed by atoms with Crippen LogP contribution in [0, 0.1) is 0 Å². The monoisotopic (exact) mass is 200 g/mol. The zero-order valence-electron chi connectivity index (χ0n) is 7.86. The van der Waals surface area contributed by atoms with E-state index in [0.717, 1.165) is 0 Å². The standard InChI is InChI=1S/C9H12O5/c1-13-9(12)6(4-8(10)11)2-3-7-5-14-7/h2,7H,3-5H2,1H3,(H,10,11). The molecule has 1 atom stereocenters. The van der Waals surface area contributed by atoms with Crippen LogP contribution in [0.5, 0.6) is 0 Å². The van der Waals surface area contributed by atoms with E-state index in [9.17, 15) is 9.59 Å². The Hall–Kier alpha value is -1.36. The molecule has 0 spiro atoms. The highest BCUT2D eigenvalue weighted by molar-refractivity contribution is 5.93. The highest BCUT2D eigenvalue weighted by atomic mass is 16.6. The summed E-state index contributed by atoms with van der Waals surface area (Å²) in [4.78, 5) is 21.5. The maximum Gasteiger partial charge on any atom is 0.333 e. The van der Waals surface area contributed by atoms with Crippen molar-refractivity contribution in [1.29, 1.82) is 0 Å². The molecule has 0 aromatic rings. The Labute approximate surface area is 81.3 Å². The van der Waals surface area contributed by atoms with Gasteiger partial charge in [0.05, 0.1) is 26.2 Å². The van der Waals surface area contributed by atoms with E-state index in [1.165, 1.54) is 7.11 Å². The molecule has 1 rings (SSSR count). The Morgan fingerprint density at radius 3 is 2.71 bits per heavy atom. The topological polar surface area (TPSA) is 76.1 Å². The number of carboxylic acid groups (broad SMARTS) is 1. The van der Waals surface area contributed by atoms with Crippen molar-refractivity contribution in [1.82, 2.24) is 0 Å². The lowest BCUT2D eigenvalue weighted by Gasteiger charge is -2.01. The summed E-state index contributed by atoms with van der Waals surface area (Å²) in [5, 5.41) is 8.53. The van der Waals surface area contributed by atoms with Gasteiger partial charge in [-0.1, -0.05) is 6.08 Å². The molecular formula is C9H12O5. The third-order valence-electron chi connectivity index (χ3n) is 1.82. The molecule has 1 unspecified atom stereocenters. The van der Waals surface area contributed by atoms with Gasteiger partial charge >= 0.3 is 11.9 Å². The SMILES string of the molecule is COC(=O)C(=CCC1CO1)CC(=O)O. The molecule has 5 nitrogen and oxygen atoms in total. The molecule has 0 radical (unpaired) electrons. The van der Waals surface area contributed by atoms with Crippen LogP contribution >= 0.6 is 0 Å². The minimum absolute atomic E-state index is 0.142. The van der Waals surface area contributed by atoms with Gasteiger partial charge in [0.15, 0.2) is 0 Å². The molecule has 0 amide bonds. The summed E-state index contributed by atoms with van der Waals surface area (Å²) in [5.41, 5.74) is 0.176. The lowest BCUT2D eigenvalue weighted by Crippen LogP contribution is -2.09. The van der Waals surface area contributed by atoms with Gasteiger partial charge in [-0.2, -0.15) is 0 Å². The van der Waals surface area contributed by atoms with Crippen LogP contribution in [-0.4, -0.2) is 36.9 Å². The van der Waals surface area contributed by atoms with E-state index in [-0.39, 0.29) is 18.1 Å². The molecule has 1 aliphatic rings. The molecule has 1 saturated heterocycles. The van der Waals surface area contributed by atoms with E-state index in [0.29, 0.717) is 13.0 Å². The van der Waals surface area contributed by atoms with Crippen LogP contribution in [0.1, 0.15) is 12.8 Å². The number of methoxy groups -OCH3 is 1. The molecule has 0 aliphatic carbocycles. The number of hydrogen-bond acceptors (Lipinski definition) is 4. The number of aliphatic carboxylic acids is 1. The van der Waals surface area contributed by atoms with Crippen LogP contribution in [0.4, 0.5) is 0 Å². The number of esters is 1. The van der Waals surface area contributed by atoms with Crippen LogP contribution < -0.4 is 0 Å². The van der Waals surface area contributed by atoms with E-state index in [1.54, 1.807) is 6.08 Å². The Morgan fingerprint density at radius 1 is 1.64 bits per heavy atom. The second-order valence-electron chi connectivity index (χ2n) is 2.98. The molecular weight excluding hydrogens is 188 g/mol. The van der Waals surface area contributed by atoms with Crippen molar-refractivity contribution in [3.63, 3.8) is 0 Å². The molecule has 1 aliphatic heterocycles. The molecule has 0 saturated carbocycles. The maximum atomic E-state index is 11.1. The van der Waals surface area contributed by atoms with Crippen LogP contribution in [0.15, 0.2) is 11.6 Å². The second kappa shape index (κ2) is 4.76. The third kappa shape index (κ3) is 3.57. The van der Waals surface area contributed by atoms with Crippen molar-refractivity contribution in [3.05, 3.63) is 11.6 Å². The molecule has 0 bridgehead atoms. The summed E-state index contributed by atoms with van der Waals surface area (Å²) in [6.45, 7) is 0.679. The van der Waals surface area contributed by atoms with Crippen LogP contribution in [-0.2, 0) is 19.1 Å². The number of ether oxygens (including phenoxy) is 2.